The molecule has 0 radical (unpaired) electrons. The number of aromatic nitrogens is 1. The van der Waals surface area contributed by atoms with Crippen molar-refractivity contribution in [1.29, 1.82) is 0 Å². The first-order valence-electron chi connectivity index (χ1n) is 15.4. The predicted octanol–water partition coefficient (Wildman–Crippen LogP) is 5.10. The summed E-state index contributed by atoms with van der Waals surface area (Å²) in [6.45, 7) is 5.70. The number of allylic oxidation sites excluding steroid dienone is 1. The summed E-state index contributed by atoms with van der Waals surface area (Å²) in [5, 5.41) is 0. The highest BCUT2D eigenvalue weighted by atomic mass is 79.9. The van der Waals surface area contributed by atoms with Crippen LogP contribution in [-0.2, 0) is 25.7 Å². The maximum Gasteiger partial charge on any atom is 0.343 e. The minimum absolute atomic E-state index is 0.138. The molecule has 0 saturated carbocycles. The van der Waals surface area contributed by atoms with Crippen LogP contribution < -0.4 is 33.8 Å². The van der Waals surface area contributed by atoms with Gasteiger partial charge in [0.05, 0.1) is 53.8 Å². The summed E-state index contributed by atoms with van der Waals surface area (Å²) in [4.78, 5) is 44.4. The fraction of sp³-hybridized carbons (Fsp3) is 0.278. The lowest BCUT2D eigenvalue weighted by Gasteiger charge is -2.25. The largest absolute Gasteiger partial charge is 0.493 e. The molecule has 0 saturated heterocycles. The summed E-state index contributed by atoms with van der Waals surface area (Å²) >= 11 is 4.80. The molecule has 1 aliphatic heterocycles. The molecule has 0 N–H and O–H groups in total. The maximum atomic E-state index is 14.2. The first-order chi connectivity index (χ1) is 23.7. The molecule has 49 heavy (non-hydrogen) atoms. The molecule has 1 aromatic heterocycles. The number of carbonyl (C=O) groups is 2. The average molecular weight is 752 g/mol. The second-order valence-electron chi connectivity index (χ2n) is 10.6. The van der Waals surface area contributed by atoms with Gasteiger partial charge in [0.15, 0.2) is 34.4 Å². The third-order valence-corrected chi connectivity index (χ3v) is 9.02. The normalized spacial score (nSPS) is 14.1. The topological polar surface area (TPSA) is 124 Å². The Balaban J connectivity index is 1.59. The Hall–Kier alpha value is -4.88. The number of thiazole rings is 1. The zero-order chi connectivity index (χ0) is 35.1. The zero-order valence-electron chi connectivity index (χ0n) is 27.6. The molecule has 1 aliphatic rings. The second-order valence-corrected chi connectivity index (χ2v) is 12.5. The molecule has 0 bridgehead atoms. The fourth-order valence-corrected chi connectivity index (χ4v) is 6.85. The highest BCUT2D eigenvalue weighted by Gasteiger charge is 2.34. The predicted molar refractivity (Wildman–Crippen MR) is 187 cm³/mol. The molecule has 5 rings (SSSR count). The first-order valence-corrected chi connectivity index (χ1v) is 17.0. The van der Waals surface area contributed by atoms with Gasteiger partial charge in [0.25, 0.3) is 5.56 Å². The number of ether oxygens (including phenoxy) is 6. The number of hydrogen-bond donors (Lipinski definition) is 0. The Morgan fingerprint density at radius 2 is 1.73 bits per heavy atom. The molecule has 11 nitrogen and oxygen atoms in total. The number of halogens is 1. The van der Waals surface area contributed by atoms with Crippen molar-refractivity contribution in [3.05, 3.63) is 113 Å². The van der Waals surface area contributed by atoms with Gasteiger partial charge in [-0.3, -0.25) is 9.36 Å². The van der Waals surface area contributed by atoms with Gasteiger partial charge < -0.3 is 28.4 Å². The van der Waals surface area contributed by atoms with Crippen LogP contribution in [0.3, 0.4) is 0 Å². The molecule has 0 aliphatic carbocycles. The van der Waals surface area contributed by atoms with Crippen LogP contribution in [0.1, 0.15) is 43.5 Å². The molecule has 0 unspecified atom stereocenters. The van der Waals surface area contributed by atoms with Crippen molar-refractivity contribution in [3.63, 3.8) is 0 Å². The van der Waals surface area contributed by atoms with E-state index in [2.05, 4.69) is 25.7 Å². The Bertz CT molecular complexity index is 2070. The molecular weight excluding hydrogens is 716 g/mol. The molecule has 0 amide bonds. The third kappa shape index (κ3) is 7.89. The molecule has 4 aromatic rings. The van der Waals surface area contributed by atoms with Crippen LogP contribution in [0.4, 0.5) is 0 Å². The van der Waals surface area contributed by atoms with Crippen molar-refractivity contribution in [3.8, 4) is 23.0 Å². The van der Waals surface area contributed by atoms with Crippen LogP contribution in [0, 0.1) is 0 Å². The van der Waals surface area contributed by atoms with E-state index in [1.54, 1.807) is 51.3 Å². The molecule has 0 fully saturated rings. The quantitative estimate of drug-likeness (QED) is 0.172. The van der Waals surface area contributed by atoms with Crippen molar-refractivity contribution in [2.45, 2.75) is 33.4 Å². The minimum atomic E-state index is -0.888. The summed E-state index contributed by atoms with van der Waals surface area (Å²) in [5.74, 6) is 0.505. The summed E-state index contributed by atoms with van der Waals surface area (Å²) < 4.78 is 35.9. The molecule has 3 aromatic carbocycles. The van der Waals surface area contributed by atoms with Gasteiger partial charge >= 0.3 is 11.9 Å². The van der Waals surface area contributed by atoms with Crippen LogP contribution in [0.25, 0.3) is 6.08 Å². The monoisotopic (exact) mass is 750 g/mol. The number of fused-ring (bicyclic) bond motifs is 1. The second kappa shape index (κ2) is 16.0. The van der Waals surface area contributed by atoms with E-state index in [1.807, 2.05) is 43.3 Å². The number of nitrogens with zero attached hydrogens (tertiary/aromatic N) is 2. The van der Waals surface area contributed by atoms with E-state index in [0.29, 0.717) is 66.8 Å². The van der Waals surface area contributed by atoms with E-state index >= 15 is 0 Å². The molecule has 2 heterocycles. The van der Waals surface area contributed by atoms with Crippen LogP contribution in [0.5, 0.6) is 23.0 Å². The molecule has 0 spiro atoms. The summed E-state index contributed by atoms with van der Waals surface area (Å²) in [5.41, 5.74) is 2.53. The van der Waals surface area contributed by atoms with E-state index in [4.69, 9.17) is 23.7 Å². The molecular formula is C36H35BrN2O9S. The van der Waals surface area contributed by atoms with Gasteiger partial charge in [0.2, 0.25) is 0 Å². The van der Waals surface area contributed by atoms with E-state index in [-0.39, 0.29) is 24.3 Å². The van der Waals surface area contributed by atoms with Gasteiger partial charge in [-0.2, -0.15) is 0 Å². The standard InChI is InChI=1S/C36H35BrN2O9S/c1-6-45-27-18-24(13-14-26(27)47-20-30(40)44-5)32-31(35(42)46-7-2)21(3)38-36-39(32)34(41)29(49-36)17-23-15-25(37)33(28(16-23)43-4)48-19-22-11-9-8-10-12-22/h8-18,32H,6-7,19-20H2,1-5H3/b29-17-/t32-/m1/s1. The average Bonchev–Trinajstić information content (AvgIpc) is 3.40. The van der Waals surface area contributed by atoms with E-state index in [0.717, 1.165) is 5.56 Å². The van der Waals surface area contributed by atoms with Crippen LogP contribution in [0.2, 0.25) is 0 Å². The van der Waals surface area contributed by atoms with Crippen molar-refractivity contribution in [2.75, 3.05) is 34.0 Å². The lowest BCUT2D eigenvalue weighted by atomic mass is 9.95. The highest BCUT2D eigenvalue weighted by Crippen LogP contribution is 2.38. The number of benzene rings is 3. The van der Waals surface area contributed by atoms with Gasteiger partial charge in [0.1, 0.15) is 6.61 Å². The van der Waals surface area contributed by atoms with Crippen molar-refractivity contribution < 1.29 is 38.0 Å². The molecule has 1 atom stereocenters. The molecule has 13 heteroatoms. The van der Waals surface area contributed by atoms with Gasteiger partial charge in [-0.05, 0) is 83.7 Å². The fourth-order valence-electron chi connectivity index (χ4n) is 5.23. The number of hydrogen-bond acceptors (Lipinski definition) is 11. The Labute approximate surface area is 295 Å². The molecule has 256 valence electrons. The number of rotatable bonds is 13. The zero-order valence-corrected chi connectivity index (χ0v) is 30.0. The van der Waals surface area contributed by atoms with Crippen molar-refractivity contribution in [1.82, 2.24) is 4.57 Å². The van der Waals surface area contributed by atoms with Gasteiger partial charge in [-0.1, -0.05) is 47.7 Å². The van der Waals surface area contributed by atoms with E-state index in [9.17, 15) is 14.4 Å². The summed E-state index contributed by atoms with van der Waals surface area (Å²) in [7, 11) is 2.82. The van der Waals surface area contributed by atoms with Crippen LogP contribution in [-0.4, -0.2) is 50.5 Å². The number of methoxy groups -OCH3 is 2. The van der Waals surface area contributed by atoms with Gasteiger partial charge in [-0.25, -0.2) is 14.6 Å². The van der Waals surface area contributed by atoms with E-state index < -0.39 is 18.0 Å². The minimum Gasteiger partial charge on any atom is -0.493 e. The first kappa shape index (κ1) is 35.4. The van der Waals surface area contributed by atoms with Crippen LogP contribution >= 0.6 is 27.3 Å². The van der Waals surface area contributed by atoms with Crippen molar-refractivity contribution in [2.24, 2.45) is 4.99 Å². The van der Waals surface area contributed by atoms with E-state index in [1.165, 1.54) is 23.0 Å². The maximum absolute atomic E-state index is 14.2. The Morgan fingerprint density at radius 3 is 2.43 bits per heavy atom. The highest BCUT2D eigenvalue weighted by molar-refractivity contribution is 9.10. The summed E-state index contributed by atoms with van der Waals surface area (Å²) in [6, 6.07) is 17.6. The lowest BCUT2D eigenvalue weighted by Crippen LogP contribution is -2.40. The Kier molecular flexibility index (Phi) is 11.6. The van der Waals surface area contributed by atoms with Crippen molar-refractivity contribution >= 4 is 45.3 Å². The van der Waals surface area contributed by atoms with Crippen LogP contribution in [0.15, 0.2) is 86.2 Å². The Morgan fingerprint density at radius 1 is 0.959 bits per heavy atom. The number of carbonyl (C=O) groups excluding carboxylic acids is 2. The smallest absolute Gasteiger partial charge is 0.343 e. The lowest BCUT2D eigenvalue weighted by molar-refractivity contribution is -0.143. The van der Waals surface area contributed by atoms with Gasteiger partial charge in [-0.15, -0.1) is 0 Å². The third-order valence-electron chi connectivity index (χ3n) is 7.45. The number of esters is 2. The summed E-state index contributed by atoms with van der Waals surface area (Å²) in [6.07, 6.45) is 1.74. The van der Waals surface area contributed by atoms with Gasteiger partial charge in [0, 0.05) is 0 Å². The SMILES string of the molecule is CCOC(=O)C1=C(C)N=c2s/c(=C\c3cc(Br)c(OCc4ccccc4)c(OC)c3)c(=O)n2[C@@H]1c1ccc(OCC(=O)OC)c(OCC)c1.